The molecule has 0 bridgehead atoms. The van der Waals surface area contributed by atoms with Gasteiger partial charge in [0.2, 0.25) is 0 Å². The molecule has 0 aliphatic rings. The van der Waals surface area contributed by atoms with Crippen LogP contribution in [0.15, 0.2) is 16.7 Å². The van der Waals surface area contributed by atoms with E-state index in [4.69, 9.17) is 9.52 Å². The third-order valence-corrected chi connectivity index (χ3v) is 1.48. The van der Waals surface area contributed by atoms with Crippen molar-refractivity contribution in [3.8, 4) is 0 Å². The van der Waals surface area contributed by atoms with Crippen LogP contribution in [-0.4, -0.2) is 11.2 Å². The van der Waals surface area contributed by atoms with Crippen LogP contribution < -0.4 is 0 Å². The van der Waals surface area contributed by atoms with Gasteiger partial charge in [-0.2, -0.15) is 0 Å². The van der Waals surface area contributed by atoms with Crippen LogP contribution in [0.5, 0.6) is 0 Å². The normalized spacial score (nSPS) is 13.5. The number of aliphatic hydroxyl groups is 1. The molecule has 0 amide bonds. The van der Waals surface area contributed by atoms with Crippen LogP contribution in [0.2, 0.25) is 0 Å². The van der Waals surface area contributed by atoms with Gasteiger partial charge in [0.05, 0.1) is 12.4 Å². The highest BCUT2D eigenvalue weighted by Gasteiger charge is 2.03. The Morgan fingerprint density at radius 1 is 1.70 bits per heavy atom. The zero-order valence-corrected chi connectivity index (χ0v) is 6.29. The van der Waals surface area contributed by atoms with Crippen molar-refractivity contribution in [3.63, 3.8) is 0 Å². The molecule has 0 saturated carbocycles. The Labute approximate surface area is 60.5 Å². The van der Waals surface area contributed by atoms with Crippen LogP contribution in [0.1, 0.15) is 18.2 Å². The van der Waals surface area contributed by atoms with E-state index in [-0.39, 0.29) is 6.10 Å². The van der Waals surface area contributed by atoms with Crippen molar-refractivity contribution in [1.82, 2.24) is 0 Å². The number of furan rings is 1. The third-order valence-electron chi connectivity index (χ3n) is 1.48. The van der Waals surface area contributed by atoms with Crippen molar-refractivity contribution in [2.45, 2.75) is 26.4 Å². The van der Waals surface area contributed by atoms with Crippen molar-refractivity contribution in [2.75, 3.05) is 0 Å². The van der Waals surface area contributed by atoms with E-state index in [2.05, 4.69) is 0 Å². The maximum Gasteiger partial charge on any atom is 0.103 e. The van der Waals surface area contributed by atoms with Gasteiger partial charge in [-0.3, -0.25) is 0 Å². The quantitative estimate of drug-likeness (QED) is 0.675. The van der Waals surface area contributed by atoms with E-state index in [9.17, 15) is 0 Å². The highest BCUT2D eigenvalue weighted by Crippen LogP contribution is 2.10. The van der Waals surface area contributed by atoms with Gasteiger partial charge < -0.3 is 9.52 Å². The summed E-state index contributed by atoms with van der Waals surface area (Å²) in [5.41, 5.74) is 1.09. The molecule has 10 heavy (non-hydrogen) atoms. The molecular weight excluding hydrogens is 128 g/mol. The van der Waals surface area contributed by atoms with Gasteiger partial charge in [-0.15, -0.1) is 0 Å². The molecule has 1 heterocycles. The summed E-state index contributed by atoms with van der Waals surface area (Å²) in [6.45, 7) is 3.67. The lowest BCUT2D eigenvalue weighted by atomic mass is 10.1. The Morgan fingerprint density at radius 3 is 2.80 bits per heavy atom. The second-order valence-electron chi connectivity index (χ2n) is 2.56. The summed E-state index contributed by atoms with van der Waals surface area (Å²) >= 11 is 0. The van der Waals surface area contributed by atoms with E-state index in [1.54, 1.807) is 13.2 Å². The molecule has 0 aromatic carbocycles. The Balaban J connectivity index is 2.65. The number of aryl methyl sites for hydroxylation is 1. The second kappa shape index (κ2) is 2.88. The Morgan fingerprint density at radius 2 is 2.40 bits per heavy atom. The van der Waals surface area contributed by atoms with Crippen molar-refractivity contribution in [2.24, 2.45) is 0 Å². The fourth-order valence-electron chi connectivity index (χ4n) is 0.941. The molecule has 2 heteroatoms. The van der Waals surface area contributed by atoms with Crippen molar-refractivity contribution < 1.29 is 9.52 Å². The molecule has 1 aromatic heterocycles. The van der Waals surface area contributed by atoms with E-state index in [0.29, 0.717) is 6.42 Å². The first-order valence-corrected chi connectivity index (χ1v) is 3.41. The summed E-state index contributed by atoms with van der Waals surface area (Å²) in [6.07, 6.45) is 2.05. The van der Waals surface area contributed by atoms with Gasteiger partial charge in [0.25, 0.3) is 0 Å². The first kappa shape index (κ1) is 7.35. The second-order valence-corrected chi connectivity index (χ2v) is 2.56. The first-order chi connectivity index (χ1) is 4.70. The van der Waals surface area contributed by atoms with Crippen molar-refractivity contribution in [1.29, 1.82) is 0 Å². The van der Waals surface area contributed by atoms with E-state index in [1.165, 1.54) is 0 Å². The summed E-state index contributed by atoms with van der Waals surface area (Å²) < 4.78 is 5.05. The van der Waals surface area contributed by atoms with Gasteiger partial charge in [0.1, 0.15) is 5.76 Å². The lowest BCUT2D eigenvalue weighted by Gasteiger charge is -2.00. The standard InChI is InChI=1S/C8H12O2/c1-6(9)5-8-3-4-10-7(8)2/h3-4,6,9H,5H2,1-2H3/t6-/m1/s1. The third kappa shape index (κ3) is 1.61. The Kier molecular flexibility index (Phi) is 2.12. The number of aliphatic hydroxyl groups excluding tert-OH is 1. The average molecular weight is 140 g/mol. The van der Waals surface area contributed by atoms with Crippen LogP contribution in [0.25, 0.3) is 0 Å². The topological polar surface area (TPSA) is 33.4 Å². The van der Waals surface area contributed by atoms with Gasteiger partial charge in [-0.1, -0.05) is 0 Å². The van der Waals surface area contributed by atoms with E-state index < -0.39 is 0 Å². The molecule has 0 saturated heterocycles. The van der Waals surface area contributed by atoms with Gasteiger partial charge in [0.15, 0.2) is 0 Å². The van der Waals surface area contributed by atoms with Gasteiger partial charge >= 0.3 is 0 Å². The maximum absolute atomic E-state index is 9.01. The monoisotopic (exact) mass is 140 g/mol. The highest BCUT2D eigenvalue weighted by atomic mass is 16.3. The van der Waals surface area contributed by atoms with Gasteiger partial charge in [0, 0.05) is 6.42 Å². The Hall–Kier alpha value is -0.760. The van der Waals surface area contributed by atoms with Crippen LogP contribution in [0, 0.1) is 6.92 Å². The van der Waals surface area contributed by atoms with E-state index in [0.717, 1.165) is 11.3 Å². The Bertz CT molecular complexity index is 201. The number of rotatable bonds is 2. The molecule has 0 aliphatic carbocycles. The molecule has 2 nitrogen and oxygen atoms in total. The minimum atomic E-state index is -0.281. The van der Waals surface area contributed by atoms with Crippen LogP contribution in [0.4, 0.5) is 0 Å². The summed E-state index contributed by atoms with van der Waals surface area (Å²) in [6, 6.07) is 1.89. The zero-order chi connectivity index (χ0) is 7.56. The lowest BCUT2D eigenvalue weighted by molar-refractivity contribution is 0.195. The molecule has 0 unspecified atom stereocenters. The first-order valence-electron chi connectivity index (χ1n) is 3.41. The molecule has 0 radical (unpaired) electrons. The molecular formula is C8H12O2. The summed E-state index contributed by atoms with van der Waals surface area (Å²) in [5, 5.41) is 9.01. The predicted molar refractivity (Wildman–Crippen MR) is 38.8 cm³/mol. The molecule has 0 aliphatic heterocycles. The number of hydrogen-bond acceptors (Lipinski definition) is 2. The SMILES string of the molecule is Cc1occc1C[C@@H](C)O. The molecule has 56 valence electrons. The zero-order valence-electron chi connectivity index (χ0n) is 6.29. The van der Waals surface area contributed by atoms with Gasteiger partial charge in [-0.25, -0.2) is 0 Å². The lowest BCUT2D eigenvalue weighted by Crippen LogP contribution is -2.03. The van der Waals surface area contributed by atoms with Crippen LogP contribution in [0.3, 0.4) is 0 Å². The molecule has 1 rings (SSSR count). The van der Waals surface area contributed by atoms with E-state index in [1.807, 2.05) is 13.0 Å². The summed E-state index contributed by atoms with van der Waals surface area (Å²) in [4.78, 5) is 0. The van der Waals surface area contributed by atoms with Crippen molar-refractivity contribution >= 4 is 0 Å². The van der Waals surface area contributed by atoms with Crippen LogP contribution in [-0.2, 0) is 6.42 Å². The molecule has 1 N–H and O–H groups in total. The maximum atomic E-state index is 9.01. The summed E-state index contributed by atoms with van der Waals surface area (Å²) in [5.74, 6) is 0.904. The number of hydrogen-bond donors (Lipinski definition) is 1. The molecule has 1 aromatic rings. The molecule has 1 atom stereocenters. The predicted octanol–water partition coefficient (Wildman–Crippen LogP) is 1.51. The molecule has 0 spiro atoms. The average Bonchev–Trinajstić information content (AvgIpc) is 2.15. The highest BCUT2D eigenvalue weighted by molar-refractivity contribution is 5.15. The molecule has 0 fully saturated rings. The fraction of sp³-hybridized carbons (Fsp3) is 0.500. The van der Waals surface area contributed by atoms with Crippen LogP contribution >= 0.6 is 0 Å². The van der Waals surface area contributed by atoms with Crippen molar-refractivity contribution in [3.05, 3.63) is 23.7 Å². The summed E-state index contributed by atoms with van der Waals surface area (Å²) in [7, 11) is 0. The van der Waals surface area contributed by atoms with E-state index >= 15 is 0 Å². The van der Waals surface area contributed by atoms with Gasteiger partial charge in [-0.05, 0) is 25.5 Å². The largest absolute Gasteiger partial charge is 0.469 e. The fourth-order valence-corrected chi connectivity index (χ4v) is 0.941. The minimum Gasteiger partial charge on any atom is -0.469 e. The minimum absolute atomic E-state index is 0.281. The smallest absolute Gasteiger partial charge is 0.103 e.